The number of benzene rings is 1. The number of nitrogens with zero attached hydrogens (tertiary/aromatic N) is 3. The van der Waals surface area contributed by atoms with Gasteiger partial charge in [-0.05, 0) is 32.1 Å². The van der Waals surface area contributed by atoms with Gasteiger partial charge in [-0.15, -0.1) is 16.5 Å². The Morgan fingerprint density at radius 2 is 2.24 bits per heavy atom. The Bertz CT molecular complexity index is 672. The number of amides is 1. The summed E-state index contributed by atoms with van der Waals surface area (Å²) in [5.74, 6) is 0. The number of aromatic nitrogens is 3. The average molecular weight is 290 g/mol. The Balaban J connectivity index is 2.37. The van der Waals surface area contributed by atoms with Gasteiger partial charge in [-0.2, -0.15) is 0 Å². The third-order valence-electron chi connectivity index (χ3n) is 2.64. The third kappa shape index (κ3) is 3.38. The van der Waals surface area contributed by atoms with Gasteiger partial charge >= 0.3 is 6.09 Å². The molecule has 0 radical (unpaired) electrons. The Labute approximate surface area is 122 Å². The first-order chi connectivity index (χ1) is 9.81. The molecule has 2 N–H and O–H groups in total. The third-order valence-corrected chi connectivity index (χ3v) is 2.64. The van der Waals surface area contributed by atoms with Crippen LogP contribution in [0, 0.1) is 0 Å². The molecule has 1 heterocycles. The molecule has 7 heteroatoms. The zero-order chi connectivity index (χ0) is 15.6. The summed E-state index contributed by atoms with van der Waals surface area (Å²) in [6, 6.07) is 5.19. The molecule has 0 fully saturated rings. The van der Waals surface area contributed by atoms with Crippen LogP contribution in [0.4, 0.5) is 4.79 Å². The number of carbonyl (C=O) groups excluding carboxylic acids is 1. The molecule has 0 aliphatic heterocycles. The molecule has 1 aromatic heterocycles. The standard InChI is InChI=1S/C14H18N4O3/c1-5-11(19)9-7-6-8-10-12(9)18(17-15-10)16-13(20)21-14(2,3)4/h5-8,11,19H,1H2,2-4H3,(H,16,20). The molecule has 7 nitrogen and oxygen atoms in total. The molecular weight excluding hydrogens is 272 g/mol. The molecule has 0 aliphatic carbocycles. The highest BCUT2D eigenvalue weighted by Gasteiger charge is 2.19. The lowest BCUT2D eigenvalue weighted by atomic mass is 10.1. The number of hydrogen-bond acceptors (Lipinski definition) is 5. The smallest absolute Gasteiger partial charge is 0.428 e. The molecule has 1 aromatic carbocycles. The summed E-state index contributed by atoms with van der Waals surface area (Å²) in [4.78, 5) is 13.0. The van der Waals surface area contributed by atoms with E-state index >= 15 is 0 Å². The maximum atomic E-state index is 11.8. The van der Waals surface area contributed by atoms with Gasteiger partial charge < -0.3 is 9.84 Å². The van der Waals surface area contributed by atoms with E-state index in [1.165, 1.54) is 10.9 Å². The maximum absolute atomic E-state index is 11.8. The van der Waals surface area contributed by atoms with Gasteiger partial charge in [-0.1, -0.05) is 18.2 Å². The molecular formula is C14H18N4O3. The lowest BCUT2D eigenvalue weighted by Crippen LogP contribution is -2.32. The van der Waals surface area contributed by atoms with E-state index in [0.29, 0.717) is 16.6 Å². The van der Waals surface area contributed by atoms with Gasteiger partial charge in [-0.3, -0.25) is 0 Å². The number of ether oxygens (including phenoxy) is 1. The fourth-order valence-corrected chi connectivity index (χ4v) is 1.83. The van der Waals surface area contributed by atoms with E-state index in [1.807, 2.05) is 0 Å². The van der Waals surface area contributed by atoms with E-state index in [0.717, 1.165) is 0 Å². The molecule has 1 atom stereocenters. The second-order valence-electron chi connectivity index (χ2n) is 5.51. The van der Waals surface area contributed by atoms with Crippen molar-refractivity contribution in [2.75, 3.05) is 5.43 Å². The van der Waals surface area contributed by atoms with Crippen LogP contribution in [0.15, 0.2) is 30.9 Å². The van der Waals surface area contributed by atoms with Crippen molar-refractivity contribution < 1.29 is 14.6 Å². The van der Waals surface area contributed by atoms with Crippen molar-refractivity contribution in [1.29, 1.82) is 0 Å². The number of carbonyl (C=O) groups is 1. The van der Waals surface area contributed by atoms with Crippen LogP contribution in [-0.2, 0) is 4.74 Å². The van der Waals surface area contributed by atoms with Crippen LogP contribution < -0.4 is 5.43 Å². The van der Waals surface area contributed by atoms with E-state index in [-0.39, 0.29) is 0 Å². The number of para-hydroxylation sites is 1. The molecule has 1 amide bonds. The first-order valence-electron chi connectivity index (χ1n) is 6.47. The van der Waals surface area contributed by atoms with Gasteiger partial charge in [0, 0.05) is 5.56 Å². The van der Waals surface area contributed by atoms with Crippen molar-refractivity contribution in [2.45, 2.75) is 32.5 Å². The molecule has 112 valence electrons. The molecule has 0 aliphatic rings. The topological polar surface area (TPSA) is 89.3 Å². The largest absolute Gasteiger partial charge is 0.443 e. The normalized spacial score (nSPS) is 13.0. The lowest BCUT2D eigenvalue weighted by Gasteiger charge is -2.19. The van der Waals surface area contributed by atoms with Crippen molar-refractivity contribution in [3.63, 3.8) is 0 Å². The van der Waals surface area contributed by atoms with Crippen LogP contribution in [0.2, 0.25) is 0 Å². The van der Waals surface area contributed by atoms with Crippen LogP contribution in [0.1, 0.15) is 32.4 Å². The quantitative estimate of drug-likeness (QED) is 0.845. The number of aliphatic hydroxyl groups is 1. The Morgan fingerprint density at radius 3 is 2.86 bits per heavy atom. The summed E-state index contributed by atoms with van der Waals surface area (Å²) in [5.41, 5.74) is 3.44. The predicted octanol–water partition coefficient (Wildman–Crippen LogP) is 2.13. The van der Waals surface area contributed by atoms with Gasteiger partial charge in [0.15, 0.2) is 0 Å². The minimum atomic E-state index is -0.883. The van der Waals surface area contributed by atoms with E-state index < -0.39 is 17.8 Å². The number of nitrogens with one attached hydrogen (secondary N) is 1. The first-order valence-corrected chi connectivity index (χ1v) is 6.47. The fraction of sp³-hybridized carbons (Fsp3) is 0.357. The predicted molar refractivity (Wildman–Crippen MR) is 78.3 cm³/mol. The zero-order valence-corrected chi connectivity index (χ0v) is 12.2. The van der Waals surface area contributed by atoms with Crippen molar-refractivity contribution in [3.05, 3.63) is 36.4 Å². The summed E-state index contributed by atoms with van der Waals surface area (Å²) < 4.78 is 5.17. The van der Waals surface area contributed by atoms with Crippen LogP contribution >= 0.6 is 0 Å². The van der Waals surface area contributed by atoms with Gasteiger partial charge in [0.2, 0.25) is 0 Å². The highest BCUT2D eigenvalue weighted by molar-refractivity contribution is 5.83. The zero-order valence-electron chi connectivity index (χ0n) is 12.2. The number of rotatable bonds is 3. The Kier molecular flexibility index (Phi) is 3.95. The SMILES string of the molecule is C=CC(O)c1cccc2nnn(NC(=O)OC(C)(C)C)c12. The van der Waals surface area contributed by atoms with Gasteiger partial charge in [0.05, 0.1) is 6.10 Å². The minimum Gasteiger partial charge on any atom is -0.443 e. The van der Waals surface area contributed by atoms with Crippen LogP contribution in [0.5, 0.6) is 0 Å². The molecule has 1 unspecified atom stereocenters. The number of hydrogen-bond donors (Lipinski definition) is 2. The molecule has 21 heavy (non-hydrogen) atoms. The monoisotopic (exact) mass is 290 g/mol. The van der Waals surface area contributed by atoms with Crippen molar-refractivity contribution >= 4 is 17.1 Å². The highest BCUT2D eigenvalue weighted by atomic mass is 16.6. The highest BCUT2D eigenvalue weighted by Crippen LogP contribution is 2.23. The molecule has 0 saturated heterocycles. The summed E-state index contributed by atoms with van der Waals surface area (Å²) in [6.45, 7) is 8.84. The lowest BCUT2D eigenvalue weighted by molar-refractivity contribution is 0.0610. The van der Waals surface area contributed by atoms with Gasteiger partial charge in [0.1, 0.15) is 16.6 Å². The van der Waals surface area contributed by atoms with Crippen molar-refractivity contribution in [2.24, 2.45) is 0 Å². The van der Waals surface area contributed by atoms with E-state index in [4.69, 9.17) is 4.74 Å². The minimum absolute atomic E-state index is 0.496. The fourth-order valence-electron chi connectivity index (χ4n) is 1.83. The number of fused-ring (bicyclic) bond motifs is 1. The Morgan fingerprint density at radius 1 is 1.52 bits per heavy atom. The van der Waals surface area contributed by atoms with Crippen molar-refractivity contribution in [1.82, 2.24) is 15.1 Å². The first kappa shape index (κ1) is 15.0. The van der Waals surface area contributed by atoms with Crippen LogP contribution in [-0.4, -0.2) is 31.9 Å². The van der Waals surface area contributed by atoms with Crippen LogP contribution in [0.3, 0.4) is 0 Å². The summed E-state index contributed by atoms with van der Waals surface area (Å²) in [5, 5.41) is 17.8. The molecule has 2 rings (SSSR count). The molecule has 0 saturated carbocycles. The maximum Gasteiger partial charge on any atom is 0.428 e. The van der Waals surface area contributed by atoms with E-state index in [2.05, 4.69) is 22.3 Å². The number of aliphatic hydroxyl groups excluding tert-OH is 1. The molecule has 0 spiro atoms. The van der Waals surface area contributed by atoms with Gasteiger partial charge in [-0.25, -0.2) is 10.2 Å². The summed E-state index contributed by atoms with van der Waals surface area (Å²) in [7, 11) is 0. The Hall–Kier alpha value is -2.41. The molecule has 2 aromatic rings. The second-order valence-corrected chi connectivity index (χ2v) is 5.51. The summed E-state index contributed by atoms with van der Waals surface area (Å²) in [6.07, 6.45) is -0.150. The van der Waals surface area contributed by atoms with Gasteiger partial charge in [0.25, 0.3) is 0 Å². The second kappa shape index (κ2) is 5.53. The molecule has 0 bridgehead atoms. The van der Waals surface area contributed by atoms with Crippen molar-refractivity contribution in [3.8, 4) is 0 Å². The van der Waals surface area contributed by atoms with E-state index in [1.54, 1.807) is 39.0 Å². The van der Waals surface area contributed by atoms with E-state index in [9.17, 15) is 9.90 Å². The summed E-state index contributed by atoms with van der Waals surface area (Å²) >= 11 is 0. The average Bonchev–Trinajstić information content (AvgIpc) is 2.79. The van der Waals surface area contributed by atoms with Crippen LogP contribution in [0.25, 0.3) is 11.0 Å².